The van der Waals surface area contributed by atoms with Crippen molar-refractivity contribution in [2.24, 2.45) is 0 Å². The van der Waals surface area contributed by atoms with Crippen LogP contribution in [0.2, 0.25) is 0 Å². The normalized spacial score (nSPS) is 12.0. The number of nitrogens with zero attached hydrogens (tertiary/aromatic N) is 2. The third kappa shape index (κ3) is 5.33. The van der Waals surface area contributed by atoms with Crippen LogP contribution in [0.25, 0.3) is 0 Å². The van der Waals surface area contributed by atoms with Crippen LogP contribution in [0.4, 0.5) is 5.69 Å². The Kier molecular flexibility index (Phi) is 6.15. The van der Waals surface area contributed by atoms with Crippen LogP contribution in [0.3, 0.4) is 0 Å². The van der Waals surface area contributed by atoms with Crippen LogP contribution in [-0.2, 0) is 10.0 Å². The minimum atomic E-state index is -3.53. The molecular weight excluding hydrogens is 386 g/mol. The fourth-order valence-corrected chi connectivity index (χ4v) is 4.40. The Bertz CT molecular complexity index is 1140. The predicted molar refractivity (Wildman–Crippen MR) is 112 cm³/mol. The van der Waals surface area contributed by atoms with Crippen molar-refractivity contribution in [3.05, 3.63) is 83.6 Å². The molecular formula is C22H21N3O3S. The van der Waals surface area contributed by atoms with Crippen molar-refractivity contribution >= 4 is 15.7 Å². The van der Waals surface area contributed by atoms with E-state index in [9.17, 15) is 8.42 Å². The van der Waals surface area contributed by atoms with Gasteiger partial charge in [0, 0.05) is 6.20 Å². The molecule has 1 aromatic heterocycles. The molecule has 0 fully saturated rings. The molecule has 29 heavy (non-hydrogen) atoms. The van der Waals surface area contributed by atoms with Crippen molar-refractivity contribution in [1.82, 2.24) is 4.98 Å². The van der Waals surface area contributed by atoms with E-state index in [4.69, 9.17) is 10.00 Å². The van der Waals surface area contributed by atoms with Gasteiger partial charge in [-0.1, -0.05) is 37.3 Å². The summed E-state index contributed by atoms with van der Waals surface area (Å²) in [6.45, 7) is 3.67. The number of hydrogen-bond acceptors (Lipinski definition) is 5. The first kappa shape index (κ1) is 20.4. The van der Waals surface area contributed by atoms with Crippen LogP contribution < -0.4 is 9.46 Å². The van der Waals surface area contributed by atoms with Crippen molar-refractivity contribution in [2.45, 2.75) is 19.8 Å². The summed E-state index contributed by atoms with van der Waals surface area (Å²) in [5, 5.41) is 9.13. The summed E-state index contributed by atoms with van der Waals surface area (Å²) < 4.78 is 33.5. The first-order chi connectivity index (χ1) is 13.9. The zero-order valence-corrected chi connectivity index (χ0v) is 17.0. The lowest BCUT2D eigenvalue weighted by molar-refractivity contribution is 0.461. The number of aromatic nitrogens is 1. The second-order valence-corrected chi connectivity index (χ2v) is 8.51. The summed E-state index contributed by atoms with van der Waals surface area (Å²) in [4.78, 5) is 4.06. The summed E-state index contributed by atoms with van der Waals surface area (Å²) in [6.07, 6.45) is 1.54. The Morgan fingerprint density at radius 2 is 1.90 bits per heavy atom. The molecule has 0 unspecified atom stereocenters. The molecule has 1 heterocycles. The highest BCUT2D eigenvalue weighted by Crippen LogP contribution is 2.28. The summed E-state index contributed by atoms with van der Waals surface area (Å²) >= 11 is 0. The molecule has 2 aromatic carbocycles. The minimum absolute atomic E-state index is 0.0197. The van der Waals surface area contributed by atoms with Crippen molar-refractivity contribution in [1.29, 1.82) is 5.26 Å². The molecule has 0 bridgehead atoms. The average molecular weight is 407 g/mol. The zero-order valence-electron chi connectivity index (χ0n) is 16.2. The van der Waals surface area contributed by atoms with Crippen molar-refractivity contribution in [3.63, 3.8) is 0 Å². The van der Waals surface area contributed by atoms with Crippen molar-refractivity contribution < 1.29 is 13.2 Å². The number of benzene rings is 2. The van der Waals surface area contributed by atoms with Crippen LogP contribution in [0.15, 0.2) is 66.9 Å². The van der Waals surface area contributed by atoms with Crippen LogP contribution in [0.5, 0.6) is 11.6 Å². The van der Waals surface area contributed by atoms with E-state index < -0.39 is 10.0 Å². The number of nitriles is 1. The first-order valence-corrected chi connectivity index (χ1v) is 10.7. The van der Waals surface area contributed by atoms with Gasteiger partial charge in [-0.3, -0.25) is 4.72 Å². The molecule has 0 radical (unpaired) electrons. The third-order valence-electron chi connectivity index (χ3n) is 4.41. The van der Waals surface area contributed by atoms with Crippen LogP contribution in [-0.4, -0.2) is 19.2 Å². The number of ether oxygens (including phenoxy) is 1. The molecule has 148 valence electrons. The molecule has 0 aliphatic heterocycles. The van der Waals surface area contributed by atoms with Gasteiger partial charge < -0.3 is 4.74 Å². The van der Waals surface area contributed by atoms with Gasteiger partial charge in [0.25, 0.3) is 0 Å². The van der Waals surface area contributed by atoms with Gasteiger partial charge in [0.15, 0.2) is 0 Å². The maximum absolute atomic E-state index is 12.6. The molecule has 1 atom stereocenters. The fraction of sp³-hybridized carbons (Fsp3) is 0.182. The fourth-order valence-electron chi connectivity index (χ4n) is 2.90. The third-order valence-corrected chi connectivity index (χ3v) is 5.88. The van der Waals surface area contributed by atoms with Crippen molar-refractivity contribution in [3.8, 4) is 17.7 Å². The van der Waals surface area contributed by atoms with Crippen molar-refractivity contribution in [2.75, 3.05) is 10.5 Å². The van der Waals surface area contributed by atoms with E-state index in [0.29, 0.717) is 22.6 Å². The molecule has 0 amide bonds. The second-order valence-electron chi connectivity index (χ2n) is 6.74. The minimum Gasteiger partial charge on any atom is -0.438 e. The second kappa shape index (κ2) is 8.76. The molecule has 0 spiro atoms. The number of pyridine rings is 1. The SMILES string of the molecule is Cc1cc(Oc2ncccc2C#N)ccc1NS(=O)(=O)C[C@@H](C)c1ccccc1. The number of nitrogens with one attached hydrogen (secondary N) is 1. The first-order valence-electron chi connectivity index (χ1n) is 9.07. The van der Waals surface area contributed by atoms with E-state index in [1.54, 1.807) is 43.5 Å². The lowest BCUT2D eigenvalue weighted by atomic mass is 10.0. The maximum Gasteiger partial charge on any atom is 0.237 e. The largest absolute Gasteiger partial charge is 0.438 e. The van der Waals surface area contributed by atoms with Gasteiger partial charge in [-0.15, -0.1) is 0 Å². The highest BCUT2D eigenvalue weighted by molar-refractivity contribution is 7.92. The van der Waals surface area contributed by atoms with Gasteiger partial charge in [0.05, 0.1) is 11.4 Å². The lowest BCUT2D eigenvalue weighted by Gasteiger charge is -2.16. The number of rotatable bonds is 7. The standard InChI is InChI=1S/C22H21N3O3S/c1-16-13-20(28-22-19(14-23)9-6-12-24-22)10-11-21(16)25-29(26,27)15-17(2)18-7-4-3-5-8-18/h3-13,17,25H,15H2,1-2H3/t17-/m1/s1. The van der Waals surface area contributed by atoms with E-state index in [1.165, 1.54) is 0 Å². The number of hydrogen-bond donors (Lipinski definition) is 1. The molecule has 1 N–H and O–H groups in total. The van der Waals surface area contributed by atoms with E-state index in [0.717, 1.165) is 5.56 Å². The smallest absolute Gasteiger partial charge is 0.237 e. The van der Waals surface area contributed by atoms with E-state index in [-0.39, 0.29) is 17.6 Å². The Balaban J connectivity index is 1.72. The Labute approximate surface area is 170 Å². The van der Waals surface area contributed by atoms with Gasteiger partial charge in [-0.25, -0.2) is 13.4 Å². The Morgan fingerprint density at radius 1 is 1.14 bits per heavy atom. The molecule has 3 aromatic rings. The summed E-state index contributed by atoms with van der Waals surface area (Å²) in [6, 6.07) is 19.8. The van der Waals surface area contributed by atoms with Gasteiger partial charge >= 0.3 is 0 Å². The lowest BCUT2D eigenvalue weighted by Crippen LogP contribution is -2.21. The van der Waals surface area contributed by atoms with Gasteiger partial charge in [-0.2, -0.15) is 5.26 Å². The molecule has 7 heteroatoms. The maximum atomic E-state index is 12.6. The predicted octanol–water partition coefficient (Wildman–Crippen LogP) is 4.60. The summed E-state index contributed by atoms with van der Waals surface area (Å²) in [7, 11) is -3.53. The Morgan fingerprint density at radius 3 is 2.59 bits per heavy atom. The Hall–Kier alpha value is -3.37. The zero-order chi connectivity index (χ0) is 20.9. The number of anilines is 1. The van der Waals surface area contributed by atoms with Gasteiger partial charge in [0.2, 0.25) is 15.9 Å². The van der Waals surface area contributed by atoms with E-state index in [1.807, 2.05) is 43.3 Å². The molecule has 3 rings (SSSR count). The van der Waals surface area contributed by atoms with Crippen LogP contribution in [0.1, 0.15) is 29.5 Å². The molecule has 6 nitrogen and oxygen atoms in total. The molecule has 0 aliphatic rings. The van der Waals surface area contributed by atoms with Crippen LogP contribution in [0, 0.1) is 18.3 Å². The van der Waals surface area contributed by atoms with Gasteiger partial charge in [0.1, 0.15) is 17.4 Å². The number of aryl methyl sites for hydroxylation is 1. The summed E-state index contributed by atoms with van der Waals surface area (Å²) in [5.41, 5.74) is 2.49. The highest BCUT2D eigenvalue weighted by Gasteiger charge is 2.18. The van der Waals surface area contributed by atoms with Gasteiger partial charge in [-0.05, 0) is 54.3 Å². The monoisotopic (exact) mass is 407 g/mol. The van der Waals surface area contributed by atoms with Crippen LogP contribution >= 0.6 is 0 Å². The quantitative estimate of drug-likeness (QED) is 0.618. The van der Waals surface area contributed by atoms with E-state index in [2.05, 4.69) is 9.71 Å². The molecule has 0 saturated heterocycles. The summed E-state index contributed by atoms with van der Waals surface area (Å²) in [5.74, 6) is 0.525. The molecule has 0 aliphatic carbocycles. The van der Waals surface area contributed by atoms with E-state index >= 15 is 0 Å². The molecule has 0 saturated carbocycles. The topological polar surface area (TPSA) is 92.1 Å². The highest BCUT2D eigenvalue weighted by atomic mass is 32.2. The average Bonchev–Trinajstić information content (AvgIpc) is 2.70. The number of sulfonamides is 1.